The zero-order valence-corrected chi connectivity index (χ0v) is 12.8. The lowest BCUT2D eigenvalue weighted by molar-refractivity contribution is -0.139. The molecule has 0 N–H and O–H groups in total. The molecule has 110 valence electrons. The molecule has 1 aliphatic heterocycles. The molecule has 5 nitrogen and oxygen atoms in total. The van der Waals surface area contributed by atoms with Crippen molar-refractivity contribution in [2.24, 2.45) is 5.92 Å². The summed E-state index contributed by atoms with van der Waals surface area (Å²) in [6, 6.07) is -0.239. The van der Waals surface area contributed by atoms with Crippen molar-refractivity contribution in [3.63, 3.8) is 0 Å². The molecule has 0 aromatic carbocycles. The van der Waals surface area contributed by atoms with E-state index >= 15 is 0 Å². The lowest BCUT2D eigenvalue weighted by Crippen LogP contribution is -2.50. The van der Waals surface area contributed by atoms with Gasteiger partial charge in [0.2, 0.25) is 11.8 Å². The lowest BCUT2D eigenvalue weighted by Gasteiger charge is -2.34. The average Bonchev–Trinajstić information content (AvgIpc) is 2.37. The van der Waals surface area contributed by atoms with Crippen molar-refractivity contribution in [1.29, 1.82) is 0 Å². The van der Waals surface area contributed by atoms with E-state index in [2.05, 4.69) is 6.92 Å². The molecule has 1 saturated heterocycles. The second kappa shape index (κ2) is 6.89. The zero-order valence-electron chi connectivity index (χ0n) is 12.8. The minimum Gasteiger partial charge on any atom is -0.348 e. The summed E-state index contributed by atoms with van der Waals surface area (Å²) in [5, 5.41) is 0. The Kier molecular flexibility index (Phi) is 5.79. The van der Waals surface area contributed by atoms with Crippen molar-refractivity contribution in [2.75, 3.05) is 40.8 Å². The Labute approximate surface area is 116 Å². The Balaban J connectivity index is 2.49. The molecule has 0 unspecified atom stereocenters. The van der Waals surface area contributed by atoms with Gasteiger partial charge in [0.25, 0.3) is 0 Å². The molecule has 19 heavy (non-hydrogen) atoms. The molecule has 1 aliphatic rings. The summed E-state index contributed by atoms with van der Waals surface area (Å²) >= 11 is 0. The number of likely N-dealkylation sites (N-methyl/N-ethyl adjacent to an activating group) is 2. The van der Waals surface area contributed by atoms with Gasteiger partial charge in [0.1, 0.15) is 0 Å². The minimum absolute atomic E-state index is 0.0226. The number of hydrogen-bond donors (Lipinski definition) is 0. The third-order valence-electron chi connectivity index (χ3n) is 4.00. The molecule has 1 atom stereocenters. The van der Waals surface area contributed by atoms with Crippen LogP contribution in [0.3, 0.4) is 0 Å². The van der Waals surface area contributed by atoms with Crippen LogP contribution < -0.4 is 0 Å². The predicted octanol–water partition coefficient (Wildman–Crippen LogP) is 0.653. The Morgan fingerprint density at radius 1 is 1.21 bits per heavy atom. The van der Waals surface area contributed by atoms with Gasteiger partial charge in [-0.1, -0.05) is 6.92 Å². The standard InChI is InChI=1S/C14H27N3O2/c1-11-6-8-17(9-7-11)14(19)12(2)16(5)10-13(18)15(3)4/h11-12H,6-10H2,1-5H3/t12-/m1/s1. The summed E-state index contributed by atoms with van der Waals surface area (Å²) in [4.78, 5) is 29.3. The summed E-state index contributed by atoms with van der Waals surface area (Å²) < 4.78 is 0. The molecule has 0 spiro atoms. The number of likely N-dealkylation sites (tertiary alicyclic amines) is 1. The van der Waals surface area contributed by atoms with Crippen molar-refractivity contribution in [2.45, 2.75) is 32.7 Å². The number of piperidine rings is 1. The molecule has 0 aromatic heterocycles. The fraction of sp³-hybridized carbons (Fsp3) is 0.857. The van der Waals surface area contributed by atoms with Crippen molar-refractivity contribution in [3.05, 3.63) is 0 Å². The highest BCUT2D eigenvalue weighted by atomic mass is 16.2. The van der Waals surface area contributed by atoms with Gasteiger partial charge in [-0.25, -0.2) is 0 Å². The molecule has 0 bridgehead atoms. The van der Waals surface area contributed by atoms with Gasteiger partial charge in [-0.05, 0) is 32.7 Å². The summed E-state index contributed by atoms with van der Waals surface area (Å²) in [6.45, 7) is 6.08. The third kappa shape index (κ3) is 4.49. The van der Waals surface area contributed by atoms with Crippen LogP contribution in [0.4, 0.5) is 0 Å². The van der Waals surface area contributed by atoms with Crippen LogP contribution >= 0.6 is 0 Å². The van der Waals surface area contributed by atoms with Crippen LogP contribution in [0, 0.1) is 5.92 Å². The molecule has 0 aliphatic carbocycles. The maximum atomic E-state index is 12.4. The molecule has 0 aromatic rings. The molecule has 1 heterocycles. The molecule has 1 rings (SSSR count). The van der Waals surface area contributed by atoms with Crippen LogP contribution in [0.2, 0.25) is 0 Å². The second-order valence-electron chi connectivity index (χ2n) is 5.89. The van der Waals surface area contributed by atoms with Crippen molar-refractivity contribution >= 4 is 11.8 Å². The smallest absolute Gasteiger partial charge is 0.239 e. The Morgan fingerprint density at radius 3 is 2.21 bits per heavy atom. The zero-order chi connectivity index (χ0) is 14.6. The normalized spacial score (nSPS) is 18.5. The molecular weight excluding hydrogens is 242 g/mol. The molecule has 5 heteroatoms. The molecule has 0 radical (unpaired) electrons. The van der Waals surface area contributed by atoms with Crippen molar-refractivity contribution in [3.8, 4) is 0 Å². The first-order chi connectivity index (χ1) is 8.82. The monoisotopic (exact) mass is 269 g/mol. The highest BCUT2D eigenvalue weighted by Gasteiger charge is 2.27. The van der Waals surface area contributed by atoms with Crippen LogP contribution in [0.5, 0.6) is 0 Å². The Morgan fingerprint density at radius 2 is 1.74 bits per heavy atom. The molecule has 0 saturated carbocycles. The van der Waals surface area contributed by atoms with E-state index in [1.165, 1.54) is 0 Å². The minimum atomic E-state index is -0.239. The quantitative estimate of drug-likeness (QED) is 0.753. The van der Waals surface area contributed by atoms with E-state index in [1.807, 2.05) is 23.8 Å². The highest BCUT2D eigenvalue weighted by molar-refractivity contribution is 5.83. The first-order valence-electron chi connectivity index (χ1n) is 7.02. The fourth-order valence-corrected chi connectivity index (χ4v) is 2.17. The van der Waals surface area contributed by atoms with E-state index in [0.29, 0.717) is 5.92 Å². The van der Waals surface area contributed by atoms with Gasteiger partial charge in [0, 0.05) is 27.2 Å². The summed E-state index contributed by atoms with van der Waals surface area (Å²) in [5.41, 5.74) is 0. The first kappa shape index (κ1) is 16.0. The van der Waals surface area contributed by atoms with Gasteiger partial charge in [0.15, 0.2) is 0 Å². The van der Waals surface area contributed by atoms with E-state index in [9.17, 15) is 9.59 Å². The van der Waals surface area contributed by atoms with Crippen LogP contribution in [0.25, 0.3) is 0 Å². The summed E-state index contributed by atoms with van der Waals surface area (Å²) in [5.74, 6) is 0.878. The first-order valence-corrected chi connectivity index (χ1v) is 7.02. The maximum Gasteiger partial charge on any atom is 0.239 e. The Hall–Kier alpha value is -1.10. The summed E-state index contributed by atoms with van der Waals surface area (Å²) in [6.07, 6.45) is 2.16. The summed E-state index contributed by atoms with van der Waals surface area (Å²) in [7, 11) is 5.29. The van der Waals surface area contributed by atoms with Crippen molar-refractivity contribution < 1.29 is 9.59 Å². The van der Waals surface area contributed by atoms with E-state index in [0.717, 1.165) is 25.9 Å². The molecular formula is C14H27N3O2. The van der Waals surface area contributed by atoms with E-state index < -0.39 is 0 Å². The second-order valence-corrected chi connectivity index (χ2v) is 5.89. The van der Waals surface area contributed by atoms with Gasteiger partial charge in [-0.3, -0.25) is 14.5 Å². The van der Waals surface area contributed by atoms with E-state index in [4.69, 9.17) is 0 Å². The fourth-order valence-electron chi connectivity index (χ4n) is 2.17. The van der Waals surface area contributed by atoms with Crippen LogP contribution in [0.1, 0.15) is 26.7 Å². The van der Waals surface area contributed by atoms with E-state index in [1.54, 1.807) is 19.0 Å². The number of hydrogen-bond acceptors (Lipinski definition) is 3. The van der Waals surface area contributed by atoms with Crippen molar-refractivity contribution in [1.82, 2.24) is 14.7 Å². The topological polar surface area (TPSA) is 43.9 Å². The maximum absolute atomic E-state index is 12.4. The Bertz CT molecular complexity index is 323. The average molecular weight is 269 g/mol. The van der Waals surface area contributed by atoms with Crippen LogP contribution in [-0.4, -0.2) is 73.3 Å². The predicted molar refractivity (Wildman–Crippen MR) is 75.8 cm³/mol. The van der Waals surface area contributed by atoms with Crippen LogP contribution in [0.15, 0.2) is 0 Å². The van der Waals surface area contributed by atoms with Gasteiger partial charge in [-0.2, -0.15) is 0 Å². The van der Waals surface area contributed by atoms with Crippen LogP contribution in [-0.2, 0) is 9.59 Å². The molecule has 1 fully saturated rings. The SMILES string of the molecule is CC1CCN(C(=O)[C@@H](C)N(C)CC(=O)N(C)C)CC1. The number of rotatable bonds is 4. The number of carbonyl (C=O) groups is 2. The van der Waals surface area contributed by atoms with Gasteiger partial charge in [0.05, 0.1) is 12.6 Å². The number of amides is 2. The highest BCUT2D eigenvalue weighted by Crippen LogP contribution is 2.17. The number of nitrogens with zero attached hydrogens (tertiary/aromatic N) is 3. The largest absolute Gasteiger partial charge is 0.348 e. The van der Waals surface area contributed by atoms with Gasteiger partial charge < -0.3 is 9.80 Å². The van der Waals surface area contributed by atoms with Gasteiger partial charge >= 0.3 is 0 Å². The van der Waals surface area contributed by atoms with Gasteiger partial charge in [-0.15, -0.1) is 0 Å². The molecule has 2 amide bonds. The lowest BCUT2D eigenvalue weighted by atomic mass is 9.99. The van der Waals surface area contributed by atoms with E-state index in [-0.39, 0.29) is 24.4 Å². The number of carbonyl (C=O) groups excluding carboxylic acids is 2. The third-order valence-corrected chi connectivity index (χ3v) is 4.00.